The van der Waals surface area contributed by atoms with E-state index in [4.69, 9.17) is 0 Å². The van der Waals surface area contributed by atoms with Crippen molar-refractivity contribution in [2.24, 2.45) is 0 Å². The standard InChI is InChI=1S/C52H103NO3/c1-3-5-7-9-11-12-13-14-15-16-17-18-19-20-21-22-23-24-25-26-27-28-29-30-31-32-33-34-35-36-37-38-39-40-42-44-46-48-52(56)53-50(49-54)51(55)47-45-43-41-10-8-6-4-2/h16-17,50-51,54-55H,3-15,18-49H2,1-2H3,(H,53,56)/b17-16-. The normalized spacial score (nSPS) is 12.9. The van der Waals surface area contributed by atoms with E-state index in [9.17, 15) is 15.0 Å². The summed E-state index contributed by atoms with van der Waals surface area (Å²) in [5.41, 5.74) is 0. The summed E-state index contributed by atoms with van der Waals surface area (Å²) in [4.78, 5) is 12.3. The molecule has 0 aliphatic carbocycles. The van der Waals surface area contributed by atoms with E-state index in [1.165, 1.54) is 244 Å². The van der Waals surface area contributed by atoms with E-state index in [-0.39, 0.29) is 12.5 Å². The molecule has 0 saturated heterocycles. The minimum Gasteiger partial charge on any atom is -0.394 e. The van der Waals surface area contributed by atoms with Gasteiger partial charge in [0.05, 0.1) is 18.8 Å². The van der Waals surface area contributed by atoms with Crippen LogP contribution in [0.1, 0.15) is 296 Å². The van der Waals surface area contributed by atoms with Gasteiger partial charge in [0.15, 0.2) is 0 Å². The molecule has 0 spiro atoms. The van der Waals surface area contributed by atoms with E-state index < -0.39 is 12.1 Å². The highest BCUT2D eigenvalue weighted by Crippen LogP contribution is 2.17. The van der Waals surface area contributed by atoms with Crippen LogP contribution in [-0.4, -0.2) is 34.9 Å². The van der Waals surface area contributed by atoms with Gasteiger partial charge in [0, 0.05) is 6.42 Å². The fraction of sp³-hybridized carbons (Fsp3) is 0.942. The molecule has 0 radical (unpaired) electrons. The molecule has 0 aromatic carbocycles. The average Bonchev–Trinajstić information content (AvgIpc) is 3.20. The van der Waals surface area contributed by atoms with Crippen LogP contribution in [0.4, 0.5) is 0 Å². The van der Waals surface area contributed by atoms with Crippen molar-refractivity contribution in [3.63, 3.8) is 0 Å². The van der Waals surface area contributed by atoms with Gasteiger partial charge in [0.2, 0.25) is 5.91 Å². The van der Waals surface area contributed by atoms with Crippen LogP contribution in [0.15, 0.2) is 12.2 Å². The monoisotopic (exact) mass is 790 g/mol. The summed E-state index contributed by atoms with van der Waals surface area (Å²) < 4.78 is 0. The van der Waals surface area contributed by atoms with Crippen LogP contribution in [0.3, 0.4) is 0 Å². The van der Waals surface area contributed by atoms with Crippen molar-refractivity contribution in [3.8, 4) is 0 Å². The third kappa shape index (κ3) is 44.2. The Morgan fingerprint density at radius 3 is 0.982 bits per heavy atom. The summed E-state index contributed by atoms with van der Waals surface area (Å²) in [6.07, 6.45) is 62.2. The van der Waals surface area contributed by atoms with Crippen molar-refractivity contribution in [1.29, 1.82) is 0 Å². The number of unbranched alkanes of at least 4 members (excludes halogenated alkanes) is 39. The van der Waals surface area contributed by atoms with Crippen LogP contribution < -0.4 is 5.32 Å². The molecule has 4 heteroatoms. The maximum absolute atomic E-state index is 12.3. The van der Waals surface area contributed by atoms with Crippen molar-refractivity contribution < 1.29 is 15.0 Å². The lowest BCUT2D eigenvalue weighted by molar-refractivity contribution is -0.123. The zero-order valence-electron chi connectivity index (χ0n) is 38.4. The molecule has 0 heterocycles. The molecule has 0 bridgehead atoms. The largest absolute Gasteiger partial charge is 0.394 e. The first-order valence-electron chi connectivity index (χ1n) is 25.9. The molecule has 3 N–H and O–H groups in total. The first kappa shape index (κ1) is 55.1. The molecule has 0 aliphatic rings. The summed E-state index contributed by atoms with van der Waals surface area (Å²) in [6.45, 7) is 4.33. The molecule has 4 nitrogen and oxygen atoms in total. The molecule has 0 saturated carbocycles. The number of amides is 1. The topological polar surface area (TPSA) is 69.6 Å². The second-order valence-electron chi connectivity index (χ2n) is 17.9. The number of hydrogen-bond donors (Lipinski definition) is 3. The van der Waals surface area contributed by atoms with Gasteiger partial charge in [-0.2, -0.15) is 0 Å². The molecule has 0 fully saturated rings. The summed E-state index contributed by atoms with van der Waals surface area (Å²) in [5, 5.41) is 23.0. The number of aliphatic hydroxyl groups is 2. The lowest BCUT2D eigenvalue weighted by atomic mass is 10.0. The molecular weight excluding hydrogens is 687 g/mol. The Kier molecular flexibility index (Phi) is 47.7. The van der Waals surface area contributed by atoms with Crippen molar-refractivity contribution in [2.45, 2.75) is 309 Å². The number of rotatable bonds is 48. The van der Waals surface area contributed by atoms with E-state index in [0.717, 1.165) is 25.7 Å². The fourth-order valence-corrected chi connectivity index (χ4v) is 8.30. The zero-order valence-corrected chi connectivity index (χ0v) is 38.4. The third-order valence-electron chi connectivity index (χ3n) is 12.3. The smallest absolute Gasteiger partial charge is 0.220 e. The van der Waals surface area contributed by atoms with E-state index in [2.05, 4.69) is 31.3 Å². The van der Waals surface area contributed by atoms with Crippen LogP contribution in [0, 0.1) is 0 Å². The molecule has 334 valence electrons. The van der Waals surface area contributed by atoms with Gasteiger partial charge in [-0.3, -0.25) is 4.79 Å². The van der Waals surface area contributed by atoms with E-state index in [1.54, 1.807) is 0 Å². The SMILES string of the molecule is CCCCCCCCCC/C=C\CCCCCCCCCCCCCCCCCCCCCCCCCCCC(=O)NC(CO)C(O)CCCCCCCCC. The van der Waals surface area contributed by atoms with Crippen molar-refractivity contribution in [2.75, 3.05) is 6.61 Å². The highest BCUT2D eigenvalue weighted by atomic mass is 16.3. The van der Waals surface area contributed by atoms with Gasteiger partial charge in [-0.05, 0) is 38.5 Å². The number of carbonyl (C=O) groups is 1. The second kappa shape index (κ2) is 48.5. The Bertz CT molecular complexity index is 769. The van der Waals surface area contributed by atoms with Crippen molar-refractivity contribution in [3.05, 3.63) is 12.2 Å². The van der Waals surface area contributed by atoms with E-state index >= 15 is 0 Å². The molecule has 0 aromatic rings. The van der Waals surface area contributed by atoms with Crippen molar-refractivity contribution in [1.82, 2.24) is 5.32 Å². The summed E-state index contributed by atoms with van der Waals surface area (Å²) in [6, 6.07) is -0.528. The van der Waals surface area contributed by atoms with Crippen LogP contribution >= 0.6 is 0 Å². The maximum atomic E-state index is 12.3. The summed E-state index contributed by atoms with van der Waals surface area (Å²) in [7, 11) is 0. The fourth-order valence-electron chi connectivity index (χ4n) is 8.30. The molecule has 0 rings (SSSR count). The van der Waals surface area contributed by atoms with Gasteiger partial charge in [-0.15, -0.1) is 0 Å². The minimum absolute atomic E-state index is 0.0299. The Hall–Kier alpha value is -0.870. The molecule has 0 aliphatic heterocycles. The molecule has 0 aromatic heterocycles. The molecule has 2 unspecified atom stereocenters. The van der Waals surface area contributed by atoms with Crippen LogP contribution in [0.5, 0.6) is 0 Å². The maximum Gasteiger partial charge on any atom is 0.220 e. The first-order valence-corrected chi connectivity index (χ1v) is 25.9. The zero-order chi connectivity index (χ0) is 40.7. The van der Waals surface area contributed by atoms with Gasteiger partial charge in [0.1, 0.15) is 0 Å². The second-order valence-corrected chi connectivity index (χ2v) is 17.9. The van der Waals surface area contributed by atoms with Crippen LogP contribution in [0.25, 0.3) is 0 Å². The van der Waals surface area contributed by atoms with Crippen LogP contribution in [-0.2, 0) is 4.79 Å². The number of hydrogen-bond acceptors (Lipinski definition) is 3. The summed E-state index contributed by atoms with van der Waals surface area (Å²) >= 11 is 0. The van der Waals surface area contributed by atoms with Gasteiger partial charge in [-0.25, -0.2) is 0 Å². The Morgan fingerprint density at radius 1 is 0.411 bits per heavy atom. The Morgan fingerprint density at radius 2 is 0.679 bits per heavy atom. The molecule has 1 amide bonds. The number of aliphatic hydroxyl groups excluding tert-OH is 2. The number of allylic oxidation sites excluding steroid dienone is 2. The summed E-state index contributed by atoms with van der Waals surface area (Å²) in [5.74, 6) is -0.0299. The number of nitrogens with one attached hydrogen (secondary N) is 1. The lowest BCUT2D eigenvalue weighted by Gasteiger charge is -2.22. The Balaban J connectivity index is 3.29. The first-order chi connectivity index (χ1) is 27.7. The predicted octanol–water partition coefficient (Wildman–Crippen LogP) is 16.6. The van der Waals surface area contributed by atoms with Crippen LogP contribution in [0.2, 0.25) is 0 Å². The molecule has 2 atom stereocenters. The minimum atomic E-state index is -0.652. The molecular formula is C52H103NO3. The predicted molar refractivity (Wildman–Crippen MR) is 249 cm³/mol. The highest BCUT2D eigenvalue weighted by molar-refractivity contribution is 5.76. The molecule has 56 heavy (non-hydrogen) atoms. The van der Waals surface area contributed by atoms with Gasteiger partial charge >= 0.3 is 0 Å². The number of carbonyl (C=O) groups excluding carboxylic acids is 1. The van der Waals surface area contributed by atoms with Crippen molar-refractivity contribution >= 4 is 5.91 Å². The average molecular weight is 790 g/mol. The lowest BCUT2D eigenvalue weighted by Crippen LogP contribution is -2.45. The quantitative estimate of drug-likeness (QED) is 0.0425. The van der Waals surface area contributed by atoms with Gasteiger partial charge < -0.3 is 15.5 Å². The van der Waals surface area contributed by atoms with E-state index in [0.29, 0.717) is 12.8 Å². The third-order valence-corrected chi connectivity index (χ3v) is 12.3. The van der Waals surface area contributed by atoms with Gasteiger partial charge in [-0.1, -0.05) is 264 Å². The van der Waals surface area contributed by atoms with Gasteiger partial charge in [0.25, 0.3) is 0 Å². The Labute approximate surface area is 352 Å². The highest BCUT2D eigenvalue weighted by Gasteiger charge is 2.20. The van der Waals surface area contributed by atoms with E-state index in [1.807, 2.05) is 0 Å².